The molecule has 0 radical (unpaired) electrons. The Balaban J connectivity index is 1.61. The standard InChI is InChI=1S/C26H23N3O3/c1-31-24-15-19(8-11-28-24)18-6-7-23-22(14-18)26(9-12-32-13-10-26)17-29(23)25(30)21-5-3-2-4-20(21)16-27/h2-8,11,14-15H,9-10,12-13,17H2,1H3. The summed E-state index contributed by atoms with van der Waals surface area (Å²) in [6.45, 7) is 1.93. The van der Waals surface area contributed by atoms with E-state index in [1.165, 1.54) is 0 Å². The van der Waals surface area contributed by atoms with E-state index in [-0.39, 0.29) is 11.3 Å². The van der Waals surface area contributed by atoms with E-state index in [0.29, 0.717) is 36.8 Å². The van der Waals surface area contributed by atoms with Crippen molar-refractivity contribution in [2.24, 2.45) is 0 Å². The molecule has 2 aromatic carbocycles. The summed E-state index contributed by atoms with van der Waals surface area (Å²) in [5, 5.41) is 9.50. The Kier molecular flexibility index (Phi) is 5.12. The van der Waals surface area contributed by atoms with Crippen LogP contribution in [0.1, 0.15) is 34.3 Å². The van der Waals surface area contributed by atoms with E-state index in [2.05, 4.69) is 17.1 Å². The van der Waals surface area contributed by atoms with Crippen LogP contribution in [0.2, 0.25) is 0 Å². The minimum atomic E-state index is -0.155. The van der Waals surface area contributed by atoms with Crippen LogP contribution in [-0.4, -0.2) is 37.8 Å². The van der Waals surface area contributed by atoms with Crippen LogP contribution in [0.5, 0.6) is 5.88 Å². The van der Waals surface area contributed by atoms with Crippen LogP contribution in [0, 0.1) is 11.3 Å². The molecule has 6 heteroatoms. The van der Waals surface area contributed by atoms with Crippen molar-refractivity contribution in [1.29, 1.82) is 5.26 Å². The first-order valence-corrected chi connectivity index (χ1v) is 10.7. The molecule has 5 rings (SSSR count). The summed E-state index contributed by atoms with van der Waals surface area (Å²) in [4.78, 5) is 19.6. The highest BCUT2D eigenvalue weighted by Gasteiger charge is 2.46. The summed E-state index contributed by atoms with van der Waals surface area (Å²) in [6.07, 6.45) is 3.44. The zero-order valence-corrected chi connectivity index (χ0v) is 17.9. The highest BCUT2D eigenvalue weighted by molar-refractivity contribution is 6.09. The molecule has 0 atom stereocenters. The maximum atomic E-state index is 13.6. The number of anilines is 1. The van der Waals surface area contributed by atoms with E-state index in [0.717, 1.165) is 35.2 Å². The number of benzene rings is 2. The number of methoxy groups -OCH3 is 1. The van der Waals surface area contributed by atoms with Crippen LogP contribution in [0.4, 0.5) is 5.69 Å². The average molecular weight is 425 g/mol. The molecule has 1 fully saturated rings. The predicted octanol–water partition coefficient (Wildman–Crippen LogP) is 4.34. The highest BCUT2D eigenvalue weighted by Crippen LogP contribution is 2.48. The highest BCUT2D eigenvalue weighted by atomic mass is 16.5. The minimum absolute atomic E-state index is 0.134. The lowest BCUT2D eigenvalue weighted by molar-refractivity contribution is 0.0547. The van der Waals surface area contributed by atoms with Crippen LogP contribution in [0.3, 0.4) is 0 Å². The molecule has 1 aromatic heterocycles. The van der Waals surface area contributed by atoms with Gasteiger partial charge in [-0.25, -0.2) is 4.98 Å². The SMILES string of the molecule is COc1cc(-c2ccc3c(c2)C2(CCOCC2)CN3C(=O)c2ccccc2C#N)ccn1. The molecular formula is C26H23N3O3. The molecule has 2 aliphatic heterocycles. The smallest absolute Gasteiger partial charge is 0.259 e. The van der Waals surface area contributed by atoms with Gasteiger partial charge in [-0.3, -0.25) is 4.79 Å². The maximum Gasteiger partial charge on any atom is 0.259 e. The third-order valence-electron chi connectivity index (χ3n) is 6.57. The number of carbonyl (C=O) groups is 1. The van der Waals surface area contributed by atoms with Gasteiger partial charge in [-0.15, -0.1) is 0 Å². The second-order valence-electron chi connectivity index (χ2n) is 8.26. The fourth-order valence-electron chi connectivity index (χ4n) is 4.83. The van der Waals surface area contributed by atoms with Gasteiger partial charge in [0, 0.05) is 43.1 Å². The zero-order chi connectivity index (χ0) is 22.1. The number of aromatic nitrogens is 1. The molecule has 160 valence electrons. The van der Waals surface area contributed by atoms with Gasteiger partial charge in [0.1, 0.15) is 0 Å². The van der Waals surface area contributed by atoms with Gasteiger partial charge in [-0.05, 0) is 59.9 Å². The quantitative estimate of drug-likeness (QED) is 0.624. The summed E-state index contributed by atoms with van der Waals surface area (Å²) in [5.74, 6) is 0.429. The third-order valence-corrected chi connectivity index (χ3v) is 6.57. The van der Waals surface area contributed by atoms with Crippen LogP contribution in [-0.2, 0) is 10.2 Å². The van der Waals surface area contributed by atoms with Gasteiger partial charge < -0.3 is 14.4 Å². The van der Waals surface area contributed by atoms with E-state index < -0.39 is 0 Å². The average Bonchev–Trinajstić information content (AvgIpc) is 3.17. The fraction of sp³-hybridized carbons (Fsp3) is 0.269. The molecule has 6 nitrogen and oxygen atoms in total. The van der Waals surface area contributed by atoms with Crippen LogP contribution < -0.4 is 9.64 Å². The summed E-state index contributed by atoms with van der Waals surface area (Å²) in [6, 6.07) is 19.3. The molecule has 1 saturated heterocycles. The predicted molar refractivity (Wildman–Crippen MR) is 121 cm³/mol. The Hall–Kier alpha value is -3.69. The Bertz CT molecular complexity index is 1220. The van der Waals surface area contributed by atoms with Gasteiger partial charge in [0.05, 0.1) is 24.3 Å². The molecule has 2 aliphatic rings. The number of nitriles is 1. The molecule has 32 heavy (non-hydrogen) atoms. The summed E-state index contributed by atoms with van der Waals surface area (Å²) in [5.41, 5.74) is 4.83. The molecule has 3 heterocycles. The normalized spacial score (nSPS) is 16.4. The van der Waals surface area contributed by atoms with Gasteiger partial charge in [0.2, 0.25) is 5.88 Å². The number of hydrogen-bond acceptors (Lipinski definition) is 5. The van der Waals surface area contributed by atoms with E-state index in [1.54, 1.807) is 37.6 Å². The minimum Gasteiger partial charge on any atom is -0.481 e. The third kappa shape index (κ3) is 3.31. The maximum absolute atomic E-state index is 13.6. The van der Waals surface area contributed by atoms with E-state index in [4.69, 9.17) is 9.47 Å². The first kappa shape index (κ1) is 20.2. The first-order valence-electron chi connectivity index (χ1n) is 10.7. The van der Waals surface area contributed by atoms with Crippen molar-refractivity contribution in [3.8, 4) is 23.1 Å². The topological polar surface area (TPSA) is 75.5 Å². The van der Waals surface area contributed by atoms with Gasteiger partial charge in [-0.2, -0.15) is 5.26 Å². The van der Waals surface area contributed by atoms with Crippen LogP contribution in [0.25, 0.3) is 11.1 Å². The number of nitrogens with zero attached hydrogens (tertiary/aromatic N) is 3. The van der Waals surface area contributed by atoms with Crippen molar-refractivity contribution in [3.63, 3.8) is 0 Å². The van der Waals surface area contributed by atoms with Crippen molar-refractivity contribution < 1.29 is 14.3 Å². The zero-order valence-electron chi connectivity index (χ0n) is 17.9. The fourth-order valence-corrected chi connectivity index (χ4v) is 4.83. The van der Waals surface area contributed by atoms with Crippen molar-refractivity contribution >= 4 is 11.6 Å². The Morgan fingerprint density at radius 1 is 1.12 bits per heavy atom. The van der Waals surface area contributed by atoms with Crippen LogP contribution >= 0.6 is 0 Å². The number of fused-ring (bicyclic) bond motifs is 2. The number of pyridine rings is 1. The van der Waals surface area contributed by atoms with Gasteiger partial charge in [-0.1, -0.05) is 18.2 Å². The molecule has 0 unspecified atom stereocenters. The first-order chi connectivity index (χ1) is 15.6. The number of ether oxygens (including phenoxy) is 2. The molecule has 1 spiro atoms. The summed E-state index contributed by atoms with van der Waals surface area (Å²) in [7, 11) is 1.61. The number of hydrogen-bond donors (Lipinski definition) is 0. The number of rotatable bonds is 3. The lowest BCUT2D eigenvalue weighted by Gasteiger charge is -2.34. The summed E-state index contributed by atoms with van der Waals surface area (Å²) >= 11 is 0. The molecule has 0 saturated carbocycles. The van der Waals surface area contributed by atoms with E-state index >= 15 is 0 Å². The Labute approximate surface area is 187 Å². The molecule has 1 amide bonds. The second kappa shape index (κ2) is 8.10. The van der Waals surface area contributed by atoms with E-state index in [9.17, 15) is 10.1 Å². The molecular weight excluding hydrogens is 402 g/mol. The van der Waals surface area contributed by atoms with Crippen LogP contribution in [0.15, 0.2) is 60.8 Å². The Morgan fingerprint density at radius 3 is 2.69 bits per heavy atom. The Morgan fingerprint density at radius 2 is 1.91 bits per heavy atom. The molecule has 3 aromatic rings. The molecule has 0 N–H and O–H groups in total. The number of carbonyl (C=O) groups excluding carboxylic acids is 1. The van der Waals surface area contributed by atoms with Gasteiger partial charge in [0.15, 0.2) is 0 Å². The lowest BCUT2D eigenvalue weighted by atomic mass is 9.75. The second-order valence-corrected chi connectivity index (χ2v) is 8.26. The number of amides is 1. The monoisotopic (exact) mass is 425 g/mol. The van der Waals surface area contributed by atoms with Gasteiger partial charge >= 0.3 is 0 Å². The van der Waals surface area contributed by atoms with Crippen molar-refractivity contribution in [2.75, 3.05) is 31.8 Å². The lowest BCUT2D eigenvalue weighted by Crippen LogP contribution is -2.40. The van der Waals surface area contributed by atoms with Crippen molar-refractivity contribution in [2.45, 2.75) is 18.3 Å². The van der Waals surface area contributed by atoms with E-state index in [1.807, 2.05) is 29.2 Å². The van der Waals surface area contributed by atoms with Gasteiger partial charge in [0.25, 0.3) is 5.91 Å². The summed E-state index contributed by atoms with van der Waals surface area (Å²) < 4.78 is 11.0. The van der Waals surface area contributed by atoms with Crippen molar-refractivity contribution in [3.05, 3.63) is 77.5 Å². The van der Waals surface area contributed by atoms with Crippen molar-refractivity contribution in [1.82, 2.24) is 4.98 Å². The molecule has 0 aliphatic carbocycles. The molecule has 0 bridgehead atoms. The largest absolute Gasteiger partial charge is 0.481 e.